The number of rotatable bonds is 1. The Labute approximate surface area is 211 Å². The molecule has 10 atom stereocenters. The number of carboxylic acids is 1. The maximum atomic E-state index is 12.8. The van der Waals surface area contributed by atoms with Crippen molar-refractivity contribution in [1.82, 2.24) is 0 Å². The molecule has 5 rings (SSSR count). The summed E-state index contributed by atoms with van der Waals surface area (Å²) < 4.78 is 0. The number of hydrogen-bond acceptors (Lipinski definition) is 4. The second kappa shape index (κ2) is 7.35. The van der Waals surface area contributed by atoms with Gasteiger partial charge in [0.05, 0.1) is 18.3 Å². The van der Waals surface area contributed by atoms with Gasteiger partial charge in [0.25, 0.3) is 0 Å². The molecular formula is C30H48O5. The van der Waals surface area contributed by atoms with Gasteiger partial charge in [0.2, 0.25) is 0 Å². The molecule has 4 saturated carbocycles. The Morgan fingerprint density at radius 2 is 1.54 bits per heavy atom. The first-order valence-electron chi connectivity index (χ1n) is 14.0. The first kappa shape index (κ1) is 25.7. The summed E-state index contributed by atoms with van der Waals surface area (Å²) in [6.45, 7) is 15.8. The lowest BCUT2D eigenvalue weighted by atomic mass is 9.33. The monoisotopic (exact) mass is 488 g/mol. The lowest BCUT2D eigenvalue weighted by molar-refractivity contribution is -0.238. The quantitative estimate of drug-likeness (QED) is 0.382. The maximum Gasteiger partial charge on any atom is 0.312 e. The molecule has 0 amide bonds. The van der Waals surface area contributed by atoms with Gasteiger partial charge in [-0.1, -0.05) is 60.1 Å². The van der Waals surface area contributed by atoms with Crippen LogP contribution in [0.2, 0.25) is 0 Å². The van der Waals surface area contributed by atoms with E-state index in [9.17, 15) is 25.2 Å². The van der Waals surface area contributed by atoms with E-state index >= 15 is 0 Å². The van der Waals surface area contributed by atoms with E-state index in [1.165, 1.54) is 5.57 Å². The maximum absolute atomic E-state index is 12.8. The van der Waals surface area contributed by atoms with Crippen molar-refractivity contribution in [2.45, 2.75) is 118 Å². The highest BCUT2D eigenvalue weighted by Crippen LogP contribution is 2.75. The number of carboxylic acid groups (broad SMARTS) is 1. The molecule has 0 aromatic carbocycles. The molecule has 35 heavy (non-hydrogen) atoms. The third-order valence-electron chi connectivity index (χ3n) is 13.0. The number of carbonyl (C=O) groups is 1. The van der Waals surface area contributed by atoms with E-state index in [1.807, 2.05) is 0 Å². The third-order valence-corrected chi connectivity index (χ3v) is 13.0. The summed E-state index contributed by atoms with van der Waals surface area (Å²) in [6, 6.07) is 0. The first-order valence-corrected chi connectivity index (χ1v) is 14.0. The lowest BCUT2D eigenvalue weighted by Gasteiger charge is -2.71. The molecule has 0 bridgehead atoms. The Bertz CT molecular complexity index is 952. The number of aliphatic hydroxyl groups is 3. The van der Waals surface area contributed by atoms with Gasteiger partial charge in [-0.15, -0.1) is 0 Å². The van der Waals surface area contributed by atoms with Crippen LogP contribution in [0.25, 0.3) is 0 Å². The fraction of sp³-hybridized carbons (Fsp3) is 0.900. The highest BCUT2D eigenvalue weighted by molar-refractivity contribution is 5.77. The van der Waals surface area contributed by atoms with Crippen LogP contribution in [-0.2, 0) is 4.79 Å². The van der Waals surface area contributed by atoms with Crippen molar-refractivity contribution >= 4 is 5.97 Å². The van der Waals surface area contributed by atoms with E-state index in [2.05, 4.69) is 54.5 Å². The van der Waals surface area contributed by atoms with Gasteiger partial charge in [0, 0.05) is 0 Å². The van der Waals surface area contributed by atoms with E-state index in [0.717, 1.165) is 32.1 Å². The summed E-state index contributed by atoms with van der Waals surface area (Å²) in [5, 5.41) is 44.1. The molecule has 0 aromatic rings. The van der Waals surface area contributed by atoms with Crippen LogP contribution in [0.4, 0.5) is 0 Å². The van der Waals surface area contributed by atoms with Crippen molar-refractivity contribution in [2.75, 3.05) is 0 Å². The van der Waals surface area contributed by atoms with E-state index in [1.54, 1.807) is 0 Å². The number of hydrogen-bond donors (Lipinski definition) is 4. The fourth-order valence-corrected chi connectivity index (χ4v) is 10.9. The van der Waals surface area contributed by atoms with E-state index in [-0.39, 0.29) is 33.0 Å². The molecular weight excluding hydrogens is 440 g/mol. The van der Waals surface area contributed by atoms with E-state index in [4.69, 9.17) is 0 Å². The van der Waals surface area contributed by atoms with Crippen LogP contribution in [0.15, 0.2) is 11.6 Å². The zero-order chi connectivity index (χ0) is 26.0. The Kier molecular flexibility index (Phi) is 5.40. The van der Waals surface area contributed by atoms with Gasteiger partial charge in [0.1, 0.15) is 5.41 Å². The number of aliphatic hydroxyl groups excluding tert-OH is 3. The van der Waals surface area contributed by atoms with Crippen LogP contribution in [0, 0.1) is 50.2 Å². The summed E-state index contributed by atoms with van der Waals surface area (Å²) in [5.74, 6) is -0.353. The first-order chi connectivity index (χ1) is 16.0. The molecule has 0 radical (unpaired) electrons. The largest absolute Gasteiger partial charge is 0.481 e. The topological polar surface area (TPSA) is 98.0 Å². The van der Waals surface area contributed by atoms with Gasteiger partial charge in [-0.05, 0) is 96.2 Å². The second-order valence-electron chi connectivity index (χ2n) is 15.3. The SMILES string of the molecule is CC1(C)CC[C@]2(C(=O)O)[C@H](O)C[C@]3(C)C(=CC[C@@H]4[C@@]5(C)C[C@H](O)[C@H](O)C(C)(C)[C@@H]5CC[C@]43C)[C@@H]2C1. The summed E-state index contributed by atoms with van der Waals surface area (Å²) in [4.78, 5) is 12.8. The Hall–Kier alpha value is -0.910. The molecule has 198 valence electrons. The van der Waals surface area contributed by atoms with Crippen LogP contribution < -0.4 is 0 Å². The summed E-state index contributed by atoms with van der Waals surface area (Å²) >= 11 is 0. The van der Waals surface area contributed by atoms with Crippen LogP contribution in [0.1, 0.15) is 99.8 Å². The minimum absolute atomic E-state index is 0.0530. The third kappa shape index (κ3) is 3.01. The molecule has 0 saturated heterocycles. The average Bonchev–Trinajstić information content (AvgIpc) is 2.72. The second-order valence-corrected chi connectivity index (χ2v) is 15.3. The minimum Gasteiger partial charge on any atom is -0.481 e. The molecule has 4 fully saturated rings. The van der Waals surface area contributed by atoms with Gasteiger partial charge in [0.15, 0.2) is 0 Å². The van der Waals surface area contributed by atoms with Gasteiger partial charge in [-0.3, -0.25) is 4.79 Å². The number of allylic oxidation sites excluding steroid dienone is 2. The molecule has 0 heterocycles. The molecule has 0 aliphatic heterocycles. The molecule has 5 heteroatoms. The van der Waals surface area contributed by atoms with Crippen molar-refractivity contribution in [2.24, 2.45) is 50.2 Å². The van der Waals surface area contributed by atoms with Crippen molar-refractivity contribution in [3.8, 4) is 0 Å². The zero-order valence-electron chi connectivity index (χ0n) is 22.9. The molecule has 5 nitrogen and oxygen atoms in total. The van der Waals surface area contributed by atoms with Crippen molar-refractivity contribution < 1.29 is 25.2 Å². The molecule has 0 aromatic heterocycles. The predicted octanol–water partition coefficient (Wildman–Crippen LogP) is 5.18. The molecule has 5 aliphatic carbocycles. The lowest BCUT2D eigenvalue weighted by Crippen LogP contribution is -2.68. The van der Waals surface area contributed by atoms with Crippen molar-refractivity contribution in [1.29, 1.82) is 0 Å². The van der Waals surface area contributed by atoms with Crippen molar-refractivity contribution in [3.63, 3.8) is 0 Å². The highest BCUT2D eigenvalue weighted by atomic mass is 16.4. The van der Waals surface area contributed by atoms with Gasteiger partial charge < -0.3 is 20.4 Å². The Morgan fingerprint density at radius 1 is 0.886 bits per heavy atom. The standard InChI is InChI=1S/C30H48O5/c1-25(2)12-13-30(24(34)35)18(14-25)17-8-9-21-27(5)15-19(31)23(33)26(3,4)20(27)10-11-28(21,6)29(17,7)16-22(30)32/h8,18-23,31-33H,9-16H2,1-7H3,(H,34,35)/t18-,19-,20-,21+,22+,23-,27-,28+,29+,30+/m0/s1. The van der Waals surface area contributed by atoms with E-state index < -0.39 is 29.7 Å². The number of fused-ring (bicyclic) bond motifs is 7. The van der Waals surface area contributed by atoms with Crippen LogP contribution in [0.3, 0.4) is 0 Å². The number of aliphatic carboxylic acids is 1. The van der Waals surface area contributed by atoms with Gasteiger partial charge >= 0.3 is 5.97 Å². The van der Waals surface area contributed by atoms with Crippen molar-refractivity contribution in [3.05, 3.63) is 11.6 Å². The van der Waals surface area contributed by atoms with Crippen LogP contribution in [0.5, 0.6) is 0 Å². The highest BCUT2D eigenvalue weighted by Gasteiger charge is 2.71. The van der Waals surface area contributed by atoms with Gasteiger partial charge in [-0.2, -0.15) is 0 Å². The van der Waals surface area contributed by atoms with Crippen LogP contribution in [-0.4, -0.2) is 44.7 Å². The van der Waals surface area contributed by atoms with Gasteiger partial charge in [-0.25, -0.2) is 0 Å². The Morgan fingerprint density at radius 3 is 2.17 bits per heavy atom. The van der Waals surface area contributed by atoms with Crippen LogP contribution >= 0.6 is 0 Å². The van der Waals surface area contributed by atoms with E-state index in [0.29, 0.717) is 31.1 Å². The summed E-state index contributed by atoms with van der Waals surface area (Å²) in [5.41, 5.74) is -0.626. The molecule has 5 aliphatic rings. The molecule has 0 spiro atoms. The molecule has 4 N–H and O–H groups in total. The molecule has 0 unspecified atom stereocenters. The fourth-order valence-electron chi connectivity index (χ4n) is 10.9. The minimum atomic E-state index is -1.09. The predicted molar refractivity (Wildman–Crippen MR) is 135 cm³/mol. The normalized spacial score (nSPS) is 54.4. The summed E-state index contributed by atoms with van der Waals surface area (Å²) in [6.07, 6.45) is 6.19. The Balaban J connectivity index is 1.64. The zero-order valence-corrected chi connectivity index (χ0v) is 22.9. The average molecular weight is 489 g/mol. The smallest absolute Gasteiger partial charge is 0.312 e. The summed E-state index contributed by atoms with van der Waals surface area (Å²) in [7, 11) is 0.